The summed E-state index contributed by atoms with van der Waals surface area (Å²) in [6.45, 7) is 1.22. The first-order valence-corrected chi connectivity index (χ1v) is 12.1. The Bertz CT molecular complexity index is 1110. The molecule has 1 heterocycles. The van der Waals surface area contributed by atoms with Crippen molar-refractivity contribution in [3.8, 4) is 0 Å². The molecule has 1 aromatic heterocycles. The molecule has 0 spiro atoms. The molecule has 0 radical (unpaired) electrons. The minimum absolute atomic E-state index is 0.00660. The molecule has 35 heavy (non-hydrogen) atoms. The van der Waals surface area contributed by atoms with Gasteiger partial charge in [0.25, 0.3) is 0 Å². The predicted molar refractivity (Wildman–Crippen MR) is 126 cm³/mol. The van der Waals surface area contributed by atoms with Gasteiger partial charge in [-0.15, -0.1) is 0 Å². The van der Waals surface area contributed by atoms with E-state index in [0.717, 1.165) is 6.07 Å². The first kappa shape index (κ1) is 27.6. The molecule has 15 nitrogen and oxygen atoms in total. The fourth-order valence-electron chi connectivity index (χ4n) is 2.76. The largest absolute Gasteiger partial charge is 0.478 e. The molecule has 1 aromatic carbocycles. The van der Waals surface area contributed by atoms with Crippen molar-refractivity contribution in [3.05, 3.63) is 29.3 Å². The van der Waals surface area contributed by atoms with Gasteiger partial charge in [-0.3, -0.25) is 0 Å². The zero-order chi connectivity index (χ0) is 26.0. The lowest BCUT2D eigenvalue weighted by Gasteiger charge is -2.22. The van der Waals surface area contributed by atoms with Crippen molar-refractivity contribution in [1.29, 1.82) is 0 Å². The number of aliphatic hydroxyl groups is 2. The lowest BCUT2D eigenvalue weighted by molar-refractivity contribution is 0.0696. The number of carbonyl (C=O) groups is 2. The molecule has 0 bridgehead atoms. The van der Waals surface area contributed by atoms with Crippen LogP contribution in [0.25, 0.3) is 0 Å². The highest BCUT2D eigenvalue weighted by atomic mass is 32.2. The Hall–Kier alpha value is -3.60. The summed E-state index contributed by atoms with van der Waals surface area (Å²) in [5.74, 6) is -2.79. The summed E-state index contributed by atoms with van der Waals surface area (Å²) in [4.78, 5) is 36.9. The summed E-state index contributed by atoms with van der Waals surface area (Å²) in [7, 11) is -3.44. The lowest BCUT2D eigenvalue weighted by Crippen LogP contribution is -2.38. The summed E-state index contributed by atoms with van der Waals surface area (Å²) >= 11 is 0. The van der Waals surface area contributed by atoms with E-state index in [1.54, 1.807) is 0 Å². The number of sulfonamides is 1. The Balaban J connectivity index is 2.41. The van der Waals surface area contributed by atoms with Crippen molar-refractivity contribution >= 4 is 45.5 Å². The number of aromatic nitrogens is 3. The number of carboxylic acid groups (broad SMARTS) is 2. The average Bonchev–Trinajstić information content (AvgIpc) is 2.81. The number of benzene rings is 1. The van der Waals surface area contributed by atoms with Gasteiger partial charge in [-0.25, -0.2) is 22.7 Å². The molecule has 16 heteroatoms. The third-order valence-electron chi connectivity index (χ3n) is 4.44. The standard InChI is InChI=1S/C19H27N7O8S/c1-2-35(33,34)21-3-5-26(6-8-28)19-24-17(20-4-7-27)23-18(25-19)22-14-10-12(15(29)30)9-13(11-14)16(31)32/h9-11,21,27-28H,2-8H2,1H3,(H,29,30)(H,31,32)(H2,20,22,23,24,25). The van der Waals surface area contributed by atoms with Crippen molar-refractivity contribution in [2.75, 3.05) is 60.7 Å². The van der Waals surface area contributed by atoms with Crippen LogP contribution in [0.1, 0.15) is 27.6 Å². The van der Waals surface area contributed by atoms with Gasteiger partial charge in [0, 0.05) is 31.9 Å². The summed E-state index contributed by atoms with van der Waals surface area (Å²) in [6, 6.07) is 3.40. The summed E-state index contributed by atoms with van der Waals surface area (Å²) in [5.41, 5.74) is -0.465. The van der Waals surface area contributed by atoms with Crippen LogP contribution in [0, 0.1) is 0 Å². The monoisotopic (exact) mass is 513 g/mol. The number of anilines is 4. The summed E-state index contributed by atoms with van der Waals surface area (Å²) in [6.07, 6.45) is 0. The first-order chi connectivity index (χ1) is 16.6. The maximum atomic E-state index is 11.7. The van der Waals surface area contributed by atoms with E-state index in [4.69, 9.17) is 5.11 Å². The molecule has 0 aliphatic rings. The summed E-state index contributed by atoms with van der Waals surface area (Å²) in [5, 5.41) is 42.6. The number of carboxylic acids is 2. The minimum Gasteiger partial charge on any atom is -0.478 e. The molecular weight excluding hydrogens is 486 g/mol. The van der Waals surface area contributed by atoms with Gasteiger partial charge in [0.15, 0.2) is 0 Å². The molecule has 0 aliphatic heterocycles. The molecule has 0 saturated carbocycles. The maximum Gasteiger partial charge on any atom is 0.335 e. The Labute approximate surface area is 200 Å². The predicted octanol–water partition coefficient (Wildman–Crippen LogP) is -0.846. The molecule has 0 saturated heterocycles. The van der Waals surface area contributed by atoms with Crippen molar-refractivity contribution in [1.82, 2.24) is 19.7 Å². The van der Waals surface area contributed by atoms with Crippen molar-refractivity contribution in [2.24, 2.45) is 0 Å². The zero-order valence-corrected chi connectivity index (χ0v) is 19.6. The van der Waals surface area contributed by atoms with Crippen LogP contribution in [0.3, 0.4) is 0 Å². The number of aromatic carboxylic acids is 2. The number of aliphatic hydroxyl groups excluding tert-OH is 2. The van der Waals surface area contributed by atoms with E-state index < -0.39 is 22.0 Å². The van der Waals surface area contributed by atoms with Crippen LogP contribution in [0.4, 0.5) is 23.5 Å². The normalized spacial score (nSPS) is 11.2. The Morgan fingerprint density at radius 2 is 1.54 bits per heavy atom. The van der Waals surface area contributed by atoms with E-state index in [1.165, 1.54) is 24.0 Å². The number of rotatable bonds is 15. The van der Waals surface area contributed by atoms with Gasteiger partial charge in [0.1, 0.15) is 0 Å². The second-order valence-electron chi connectivity index (χ2n) is 6.98. The van der Waals surface area contributed by atoms with Crippen LogP contribution in [-0.4, -0.2) is 101 Å². The van der Waals surface area contributed by atoms with Gasteiger partial charge < -0.3 is 36.0 Å². The first-order valence-electron chi connectivity index (χ1n) is 10.4. The highest BCUT2D eigenvalue weighted by molar-refractivity contribution is 7.89. The molecule has 2 rings (SSSR count). The van der Waals surface area contributed by atoms with Crippen LogP contribution < -0.4 is 20.3 Å². The van der Waals surface area contributed by atoms with E-state index in [9.17, 15) is 33.3 Å². The molecule has 192 valence electrons. The molecule has 0 amide bonds. The number of hydrogen-bond donors (Lipinski definition) is 7. The van der Waals surface area contributed by atoms with E-state index in [1.807, 2.05) is 0 Å². The van der Waals surface area contributed by atoms with Crippen LogP contribution in [0.2, 0.25) is 0 Å². The third-order valence-corrected chi connectivity index (χ3v) is 5.84. The van der Waals surface area contributed by atoms with Crippen molar-refractivity contribution in [3.63, 3.8) is 0 Å². The van der Waals surface area contributed by atoms with Gasteiger partial charge in [-0.1, -0.05) is 0 Å². The SMILES string of the molecule is CCS(=O)(=O)NCCN(CCO)c1nc(NCCO)nc(Nc2cc(C(=O)O)cc(C(=O)O)c2)n1. The molecule has 0 aliphatic carbocycles. The quantitative estimate of drug-likeness (QED) is 0.154. The summed E-state index contributed by atoms with van der Waals surface area (Å²) < 4.78 is 25.8. The number of nitrogens with one attached hydrogen (secondary N) is 3. The van der Waals surface area contributed by atoms with E-state index >= 15 is 0 Å². The van der Waals surface area contributed by atoms with E-state index in [-0.39, 0.29) is 79.8 Å². The molecule has 7 N–H and O–H groups in total. The maximum absolute atomic E-state index is 11.7. The van der Waals surface area contributed by atoms with Gasteiger partial charge in [-0.05, 0) is 25.1 Å². The second kappa shape index (κ2) is 12.7. The van der Waals surface area contributed by atoms with E-state index in [0.29, 0.717) is 0 Å². The molecule has 0 fully saturated rings. The minimum atomic E-state index is -3.44. The second-order valence-corrected chi connectivity index (χ2v) is 9.07. The van der Waals surface area contributed by atoms with Crippen LogP contribution in [-0.2, 0) is 10.0 Å². The average molecular weight is 514 g/mol. The van der Waals surface area contributed by atoms with Gasteiger partial charge in [-0.2, -0.15) is 15.0 Å². The fourth-order valence-corrected chi connectivity index (χ4v) is 3.36. The number of hydrogen-bond acceptors (Lipinski definition) is 12. The Morgan fingerprint density at radius 1 is 0.914 bits per heavy atom. The molecular formula is C19H27N7O8S. The van der Waals surface area contributed by atoms with Crippen molar-refractivity contribution < 1.29 is 38.4 Å². The van der Waals surface area contributed by atoms with Gasteiger partial charge >= 0.3 is 11.9 Å². The van der Waals surface area contributed by atoms with Crippen LogP contribution in [0.5, 0.6) is 0 Å². The molecule has 0 atom stereocenters. The van der Waals surface area contributed by atoms with E-state index in [2.05, 4.69) is 30.3 Å². The molecule has 2 aromatic rings. The Morgan fingerprint density at radius 3 is 2.09 bits per heavy atom. The smallest absolute Gasteiger partial charge is 0.335 e. The third kappa shape index (κ3) is 8.60. The highest BCUT2D eigenvalue weighted by Crippen LogP contribution is 2.21. The number of nitrogens with zero attached hydrogens (tertiary/aromatic N) is 4. The van der Waals surface area contributed by atoms with Crippen molar-refractivity contribution in [2.45, 2.75) is 6.92 Å². The molecule has 0 unspecified atom stereocenters. The fraction of sp³-hybridized carbons (Fsp3) is 0.421. The van der Waals surface area contributed by atoms with Gasteiger partial charge in [0.2, 0.25) is 27.9 Å². The zero-order valence-electron chi connectivity index (χ0n) is 18.8. The van der Waals surface area contributed by atoms with Crippen LogP contribution >= 0.6 is 0 Å². The Kier molecular flexibility index (Phi) is 10.1. The van der Waals surface area contributed by atoms with Crippen LogP contribution in [0.15, 0.2) is 18.2 Å². The highest BCUT2D eigenvalue weighted by Gasteiger charge is 2.17. The lowest BCUT2D eigenvalue weighted by atomic mass is 10.1. The van der Waals surface area contributed by atoms with Gasteiger partial charge in [0.05, 0.1) is 30.1 Å². The topological polar surface area (TPSA) is 227 Å².